The van der Waals surface area contributed by atoms with Crippen LogP contribution in [0.5, 0.6) is 0 Å². The Bertz CT molecular complexity index is 444. The second-order valence-electron chi connectivity index (χ2n) is 2.63. The summed E-state index contributed by atoms with van der Waals surface area (Å²) in [5, 5.41) is 8.55. The number of benzene rings is 1. The first-order valence-electron chi connectivity index (χ1n) is 3.67. The zero-order valence-electron chi connectivity index (χ0n) is 6.15. The maximum absolute atomic E-state index is 4.27. The molecular formula is C9H4N3. The molecule has 3 rings (SSSR count). The van der Waals surface area contributed by atoms with Crippen LogP contribution in [-0.4, -0.2) is 4.98 Å². The fourth-order valence-electron chi connectivity index (χ4n) is 1.22. The number of aromatic nitrogens is 1. The number of para-hydroxylation sites is 1. The first-order chi connectivity index (χ1) is 5.93. The van der Waals surface area contributed by atoms with E-state index in [0.717, 1.165) is 16.6 Å². The molecule has 55 valence electrons. The Labute approximate surface area is 68.8 Å². The molecule has 1 aromatic carbocycles. The summed E-state index contributed by atoms with van der Waals surface area (Å²) in [7, 11) is 0. The normalized spacial score (nSPS) is 12.7. The molecule has 0 N–H and O–H groups in total. The lowest BCUT2D eigenvalue weighted by Gasteiger charge is -2.05. The van der Waals surface area contributed by atoms with Gasteiger partial charge in [0.2, 0.25) is 5.82 Å². The third-order valence-electron chi connectivity index (χ3n) is 1.84. The first kappa shape index (κ1) is 5.83. The molecule has 3 nitrogen and oxygen atoms in total. The van der Waals surface area contributed by atoms with E-state index < -0.39 is 0 Å². The summed E-state index contributed by atoms with van der Waals surface area (Å²) >= 11 is 0. The van der Waals surface area contributed by atoms with Crippen molar-refractivity contribution in [3.8, 4) is 0 Å². The summed E-state index contributed by atoms with van der Waals surface area (Å²) in [5.41, 5.74) is 1.70. The third kappa shape index (κ3) is 0.625. The summed E-state index contributed by atoms with van der Waals surface area (Å²) < 4.78 is 0. The molecule has 12 heavy (non-hydrogen) atoms. The largest absolute Gasteiger partial charge is 0.225 e. The number of hydrogen-bond acceptors (Lipinski definition) is 3. The maximum Gasteiger partial charge on any atom is 0.203 e. The average Bonchev–Trinajstić information content (AvgIpc) is 2.09. The van der Waals surface area contributed by atoms with Crippen molar-refractivity contribution in [2.75, 3.05) is 0 Å². The van der Waals surface area contributed by atoms with Gasteiger partial charge in [-0.2, -0.15) is 0 Å². The Morgan fingerprint density at radius 3 is 2.83 bits per heavy atom. The van der Waals surface area contributed by atoms with Crippen LogP contribution in [0.15, 0.2) is 34.5 Å². The van der Waals surface area contributed by atoms with Gasteiger partial charge in [-0.05, 0) is 6.07 Å². The SMILES string of the molecule is [c]1c2c(nc3ccccc13)N=N2. The van der Waals surface area contributed by atoms with E-state index in [1.54, 1.807) is 0 Å². The van der Waals surface area contributed by atoms with E-state index in [-0.39, 0.29) is 0 Å². The fourth-order valence-corrected chi connectivity index (χ4v) is 1.22. The van der Waals surface area contributed by atoms with Crippen LogP contribution >= 0.6 is 0 Å². The Kier molecular flexibility index (Phi) is 0.913. The maximum atomic E-state index is 4.27. The third-order valence-corrected chi connectivity index (χ3v) is 1.84. The Balaban J connectivity index is 2.46. The van der Waals surface area contributed by atoms with E-state index in [1.807, 2.05) is 24.3 Å². The number of fused-ring (bicyclic) bond motifs is 2. The van der Waals surface area contributed by atoms with Gasteiger partial charge in [-0.15, -0.1) is 10.2 Å². The van der Waals surface area contributed by atoms with Crippen LogP contribution in [0.3, 0.4) is 0 Å². The summed E-state index contributed by atoms with van der Waals surface area (Å²) in [6.07, 6.45) is 0. The van der Waals surface area contributed by atoms with Crippen LogP contribution in [-0.2, 0) is 0 Å². The molecule has 2 aromatic rings. The molecule has 1 aliphatic rings. The van der Waals surface area contributed by atoms with E-state index in [9.17, 15) is 0 Å². The number of rotatable bonds is 0. The van der Waals surface area contributed by atoms with Crippen LogP contribution in [0.2, 0.25) is 0 Å². The molecule has 0 bridgehead atoms. The van der Waals surface area contributed by atoms with E-state index in [4.69, 9.17) is 0 Å². The zero-order chi connectivity index (χ0) is 7.97. The number of nitrogens with zero attached hydrogens (tertiary/aromatic N) is 3. The van der Waals surface area contributed by atoms with Gasteiger partial charge in [0.15, 0.2) is 0 Å². The van der Waals surface area contributed by atoms with Crippen molar-refractivity contribution < 1.29 is 0 Å². The van der Waals surface area contributed by atoms with Gasteiger partial charge >= 0.3 is 0 Å². The predicted molar refractivity (Wildman–Crippen MR) is 44.8 cm³/mol. The molecule has 2 heterocycles. The average molecular weight is 154 g/mol. The van der Waals surface area contributed by atoms with Crippen LogP contribution < -0.4 is 0 Å². The van der Waals surface area contributed by atoms with Gasteiger partial charge in [0, 0.05) is 11.5 Å². The van der Waals surface area contributed by atoms with Crippen molar-refractivity contribution in [1.29, 1.82) is 0 Å². The highest BCUT2D eigenvalue weighted by Gasteiger charge is 2.12. The highest BCUT2D eigenvalue weighted by molar-refractivity contribution is 5.84. The van der Waals surface area contributed by atoms with Crippen LogP contribution in [0, 0.1) is 6.07 Å². The van der Waals surface area contributed by atoms with Gasteiger partial charge in [0.25, 0.3) is 0 Å². The molecule has 0 fully saturated rings. The van der Waals surface area contributed by atoms with Crippen molar-refractivity contribution >= 4 is 22.4 Å². The molecule has 3 heteroatoms. The fraction of sp³-hybridized carbons (Fsp3) is 0. The van der Waals surface area contributed by atoms with Crippen LogP contribution in [0.1, 0.15) is 0 Å². The minimum atomic E-state index is 0.703. The van der Waals surface area contributed by atoms with Gasteiger partial charge in [-0.25, -0.2) is 4.98 Å². The minimum absolute atomic E-state index is 0.703. The van der Waals surface area contributed by atoms with Gasteiger partial charge < -0.3 is 0 Å². The summed E-state index contributed by atoms with van der Waals surface area (Å²) in [6, 6.07) is 10.9. The molecule has 1 radical (unpaired) electrons. The molecule has 0 amide bonds. The molecule has 0 spiro atoms. The van der Waals surface area contributed by atoms with Gasteiger partial charge in [0.05, 0.1) is 5.52 Å². The van der Waals surface area contributed by atoms with Gasteiger partial charge in [0.1, 0.15) is 5.69 Å². The predicted octanol–water partition coefficient (Wildman–Crippen LogP) is 2.76. The topological polar surface area (TPSA) is 37.6 Å². The van der Waals surface area contributed by atoms with E-state index in [2.05, 4.69) is 21.3 Å². The van der Waals surface area contributed by atoms with Crippen LogP contribution in [0.4, 0.5) is 11.5 Å². The summed E-state index contributed by atoms with van der Waals surface area (Å²) in [4.78, 5) is 4.27. The molecule has 0 unspecified atom stereocenters. The summed E-state index contributed by atoms with van der Waals surface area (Å²) in [5.74, 6) is 0.703. The van der Waals surface area contributed by atoms with Crippen molar-refractivity contribution in [2.45, 2.75) is 0 Å². The molecule has 0 atom stereocenters. The van der Waals surface area contributed by atoms with E-state index in [0.29, 0.717) is 5.82 Å². The highest BCUT2D eigenvalue weighted by Crippen LogP contribution is 2.36. The van der Waals surface area contributed by atoms with E-state index in [1.165, 1.54) is 0 Å². The summed E-state index contributed by atoms with van der Waals surface area (Å²) in [6.45, 7) is 0. The lowest BCUT2D eigenvalue weighted by atomic mass is 10.2. The second-order valence-corrected chi connectivity index (χ2v) is 2.63. The second kappa shape index (κ2) is 1.88. The van der Waals surface area contributed by atoms with Crippen LogP contribution in [0.25, 0.3) is 10.9 Å². The van der Waals surface area contributed by atoms with Crippen molar-refractivity contribution in [1.82, 2.24) is 4.98 Å². The first-order valence-corrected chi connectivity index (χ1v) is 3.67. The Morgan fingerprint density at radius 1 is 1.08 bits per heavy atom. The number of pyridine rings is 1. The molecule has 0 saturated heterocycles. The molecule has 1 aliphatic heterocycles. The smallest absolute Gasteiger partial charge is 0.203 e. The number of azo groups is 1. The zero-order valence-corrected chi connectivity index (χ0v) is 6.15. The number of hydrogen-bond donors (Lipinski definition) is 0. The quantitative estimate of drug-likeness (QED) is 0.490. The lowest BCUT2D eigenvalue weighted by Crippen LogP contribution is -1.84. The standard InChI is InChI=1S/C9H4N3/c1-2-4-7-6(3-1)5-8-9(10-7)12-11-8/h1-4H. The Morgan fingerprint density at radius 2 is 2.00 bits per heavy atom. The van der Waals surface area contributed by atoms with Crippen molar-refractivity contribution in [2.24, 2.45) is 10.2 Å². The molecule has 1 aromatic heterocycles. The minimum Gasteiger partial charge on any atom is -0.225 e. The van der Waals surface area contributed by atoms with Crippen molar-refractivity contribution in [3.63, 3.8) is 0 Å². The van der Waals surface area contributed by atoms with Crippen molar-refractivity contribution in [3.05, 3.63) is 30.3 Å². The monoisotopic (exact) mass is 154 g/mol. The van der Waals surface area contributed by atoms with E-state index >= 15 is 0 Å². The molecular weight excluding hydrogens is 150 g/mol. The molecule has 0 aliphatic carbocycles. The lowest BCUT2D eigenvalue weighted by molar-refractivity contribution is 1.08. The Hall–Kier alpha value is -1.77. The highest BCUT2D eigenvalue weighted by atomic mass is 15.2. The molecule has 0 saturated carbocycles. The van der Waals surface area contributed by atoms with Gasteiger partial charge in [-0.1, -0.05) is 18.2 Å². The van der Waals surface area contributed by atoms with Gasteiger partial charge in [-0.3, -0.25) is 0 Å².